The lowest BCUT2D eigenvalue weighted by Crippen LogP contribution is -2.37. The van der Waals surface area contributed by atoms with Crippen LogP contribution in [0.3, 0.4) is 0 Å². The van der Waals surface area contributed by atoms with Gasteiger partial charge in [0.2, 0.25) is 0 Å². The van der Waals surface area contributed by atoms with Crippen molar-refractivity contribution in [1.29, 1.82) is 0 Å². The van der Waals surface area contributed by atoms with Gasteiger partial charge in [0.1, 0.15) is 0 Å². The number of anilines is 2. The molecular formula is C20H22N4O5. The number of rotatable bonds is 5. The summed E-state index contributed by atoms with van der Waals surface area (Å²) < 4.78 is 0. The number of amides is 2. The van der Waals surface area contributed by atoms with Gasteiger partial charge in [-0.05, 0) is 42.2 Å². The van der Waals surface area contributed by atoms with Crippen molar-refractivity contribution in [3.8, 4) is 0 Å². The van der Waals surface area contributed by atoms with Crippen molar-refractivity contribution in [3.05, 3.63) is 63.2 Å². The largest absolute Gasteiger partial charge is 0.387 e. The summed E-state index contributed by atoms with van der Waals surface area (Å²) in [5, 5.41) is 25.9. The topological polar surface area (TPSA) is 125 Å². The molecule has 2 amide bonds. The van der Waals surface area contributed by atoms with Crippen molar-refractivity contribution in [3.63, 3.8) is 0 Å². The number of aliphatic hydroxyl groups excluding tert-OH is 1. The number of likely N-dealkylation sites (N-methyl/N-ethyl adjacent to an activating group) is 1. The van der Waals surface area contributed by atoms with Crippen molar-refractivity contribution in [2.75, 3.05) is 30.4 Å². The summed E-state index contributed by atoms with van der Waals surface area (Å²) in [4.78, 5) is 36.5. The Labute approximate surface area is 167 Å². The monoisotopic (exact) mass is 398 g/mol. The quantitative estimate of drug-likeness (QED) is 0.400. The Morgan fingerprint density at radius 3 is 2.69 bits per heavy atom. The minimum absolute atomic E-state index is 0.103. The average molecular weight is 398 g/mol. The molecule has 0 aliphatic carbocycles. The van der Waals surface area contributed by atoms with E-state index < -0.39 is 22.8 Å². The van der Waals surface area contributed by atoms with Gasteiger partial charge in [0.15, 0.2) is 0 Å². The Morgan fingerprint density at radius 1 is 1.24 bits per heavy atom. The van der Waals surface area contributed by atoms with Crippen LogP contribution in [0.4, 0.5) is 17.1 Å². The number of non-ortho nitro benzene ring substituents is 1. The number of carbonyl (C=O) groups is 2. The van der Waals surface area contributed by atoms with E-state index in [1.54, 1.807) is 13.0 Å². The van der Waals surface area contributed by atoms with Gasteiger partial charge in [-0.2, -0.15) is 0 Å². The van der Waals surface area contributed by atoms with E-state index >= 15 is 0 Å². The molecule has 1 aliphatic heterocycles. The normalized spacial score (nSPS) is 13.6. The van der Waals surface area contributed by atoms with Crippen LogP contribution in [0.5, 0.6) is 0 Å². The smallest absolute Gasteiger partial charge is 0.313 e. The molecule has 0 bridgehead atoms. The fourth-order valence-electron chi connectivity index (χ4n) is 3.26. The molecular weight excluding hydrogens is 376 g/mol. The standard InChI is InChI=1S/C20H22N4O5/c1-12-9-15(24(28)29)4-5-16(12)22-20(27)19(26)21-11-18(25)14-3-6-17-13(10-14)7-8-23(17)2/h3-6,9-10,18,25H,7-8,11H2,1-2H3,(H,21,26)(H,22,27). The Hall–Kier alpha value is -3.46. The van der Waals surface area contributed by atoms with E-state index in [0.29, 0.717) is 16.8 Å². The summed E-state index contributed by atoms with van der Waals surface area (Å²) in [5.74, 6) is -1.81. The van der Waals surface area contributed by atoms with E-state index in [4.69, 9.17) is 0 Å². The number of hydrogen-bond donors (Lipinski definition) is 3. The molecule has 0 fully saturated rings. The molecule has 0 saturated heterocycles. The summed E-state index contributed by atoms with van der Waals surface area (Å²) in [6, 6.07) is 9.58. The number of aliphatic hydroxyl groups is 1. The van der Waals surface area contributed by atoms with Gasteiger partial charge >= 0.3 is 11.8 Å². The molecule has 0 saturated carbocycles. The molecule has 9 heteroatoms. The van der Waals surface area contributed by atoms with Crippen molar-refractivity contribution >= 4 is 28.9 Å². The highest BCUT2D eigenvalue weighted by atomic mass is 16.6. The zero-order chi connectivity index (χ0) is 21.1. The van der Waals surface area contributed by atoms with Gasteiger partial charge in [-0.25, -0.2) is 0 Å². The number of nitro groups is 1. The first kappa shape index (κ1) is 20.3. The summed E-state index contributed by atoms with van der Waals surface area (Å²) in [7, 11) is 2.01. The third kappa shape index (κ3) is 4.52. The van der Waals surface area contributed by atoms with Crippen molar-refractivity contribution < 1.29 is 19.6 Å². The van der Waals surface area contributed by atoms with Gasteiger partial charge in [0, 0.05) is 43.6 Å². The summed E-state index contributed by atoms with van der Waals surface area (Å²) >= 11 is 0. The number of aryl methyl sites for hydroxylation is 1. The van der Waals surface area contributed by atoms with Crippen LogP contribution in [-0.2, 0) is 16.0 Å². The zero-order valence-electron chi connectivity index (χ0n) is 16.1. The number of nitrogens with zero attached hydrogens (tertiary/aromatic N) is 2. The summed E-state index contributed by atoms with van der Waals surface area (Å²) in [6.07, 6.45) is -0.0421. The molecule has 1 unspecified atom stereocenters. The fraction of sp³-hybridized carbons (Fsp3) is 0.300. The van der Waals surface area contributed by atoms with Gasteiger partial charge in [-0.1, -0.05) is 12.1 Å². The Kier molecular flexibility index (Phi) is 5.79. The number of nitrogens with one attached hydrogen (secondary N) is 2. The van der Waals surface area contributed by atoms with Gasteiger partial charge in [0.05, 0.1) is 11.0 Å². The second-order valence-electron chi connectivity index (χ2n) is 7.00. The molecule has 3 N–H and O–H groups in total. The molecule has 0 radical (unpaired) electrons. The lowest BCUT2D eigenvalue weighted by atomic mass is 10.0. The van der Waals surface area contributed by atoms with Gasteiger partial charge < -0.3 is 20.6 Å². The van der Waals surface area contributed by atoms with E-state index in [-0.39, 0.29) is 12.2 Å². The lowest BCUT2D eigenvalue weighted by molar-refractivity contribution is -0.384. The maximum absolute atomic E-state index is 12.1. The molecule has 2 aromatic rings. The second-order valence-corrected chi connectivity index (χ2v) is 7.00. The fourth-order valence-corrected chi connectivity index (χ4v) is 3.26. The van der Waals surface area contributed by atoms with Gasteiger partial charge in [0.25, 0.3) is 5.69 Å². The molecule has 9 nitrogen and oxygen atoms in total. The summed E-state index contributed by atoms with van der Waals surface area (Å²) in [5.41, 5.74) is 3.60. The molecule has 1 atom stereocenters. The van der Waals surface area contributed by atoms with Gasteiger partial charge in [-0.15, -0.1) is 0 Å². The zero-order valence-corrected chi connectivity index (χ0v) is 16.1. The molecule has 29 heavy (non-hydrogen) atoms. The van der Waals surface area contributed by atoms with Gasteiger partial charge in [-0.3, -0.25) is 19.7 Å². The molecule has 152 valence electrons. The maximum Gasteiger partial charge on any atom is 0.313 e. The third-order valence-corrected chi connectivity index (χ3v) is 4.95. The van der Waals surface area contributed by atoms with E-state index in [1.165, 1.54) is 18.2 Å². The first-order valence-electron chi connectivity index (χ1n) is 9.12. The van der Waals surface area contributed by atoms with E-state index in [0.717, 1.165) is 24.2 Å². The molecule has 1 aliphatic rings. The highest BCUT2D eigenvalue weighted by Gasteiger charge is 2.20. The number of benzene rings is 2. The predicted molar refractivity (Wildman–Crippen MR) is 108 cm³/mol. The number of fused-ring (bicyclic) bond motifs is 1. The van der Waals surface area contributed by atoms with Crippen LogP contribution in [0.2, 0.25) is 0 Å². The first-order chi connectivity index (χ1) is 13.8. The highest BCUT2D eigenvalue weighted by molar-refractivity contribution is 6.39. The van der Waals surface area contributed by atoms with Crippen molar-refractivity contribution in [1.82, 2.24) is 5.32 Å². The number of hydrogen-bond acceptors (Lipinski definition) is 6. The minimum Gasteiger partial charge on any atom is -0.387 e. The number of nitro benzene ring substituents is 1. The first-order valence-corrected chi connectivity index (χ1v) is 9.12. The van der Waals surface area contributed by atoms with E-state index in [1.807, 2.05) is 19.2 Å². The van der Waals surface area contributed by atoms with Crippen molar-refractivity contribution in [2.45, 2.75) is 19.4 Å². The third-order valence-electron chi connectivity index (χ3n) is 4.95. The Balaban J connectivity index is 1.56. The average Bonchev–Trinajstić information content (AvgIpc) is 3.07. The molecule has 2 aromatic carbocycles. The van der Waals surface area contributed by atoms with Crippen LogP contribution in [0.15, 0.2) is 36.4 Å². The van der Waals surface area contributed by atoms with Crippen LogP contribution < -0.4 is 15.5 Å². The lowest BCUT2D eigenvalue weighted by Gasteiger charge is -2.15. The maximum atomic E-state index is 12.1. The van der Waals surface area contributed by atoms with Crippen LogP contribution in [-0.4, -0.2) is 42.0 Å². The SMILES string of the molecule is Cc1cc([N+](=O)[O-])ccc1NC(=O)C(=O)NCC(O)c1ccc2c(c1)CCN2C. The van der Waals surface area contributed by atoms with Crippen LogP contribution >= 0.6 is 0 Å². The highest BCUT2D eigenvalue weighted by Crippen LogP contribution is 2.29. The molecule has 1 heterocycles. The molecule has 3 rings (SSSR count). The van der Waals surface area contributed by atoms with Crippen LogP contribution in [0.25, 0.3) is 0 Å². The minimum atomic E-state index is -0.941. The van der Waals surface area contributed by atoms with E-state index in [9.17, 15) is 24.8 Å². The van der Waals surface area contributed by atoms with Crippen LogP contribution in [0.1, 0.15) is 22.8 Å². The Morgan fingerprint density at radius 2 is 2.00 bits per heavy atom. The van der Waals surface area contributed by atoms with E-state index in [2.05, 4.69) is 15.5 Å². The number of carbonyl (C=O) groups excluding carboxylic acids is 2. The van der Waals surface area contributed by atoms with Crippen LogP contribution in [0, 0.1) is 17.0 Å². The van der Waals surface area contributed by atoms with Crippen molar-refractivity contribution in [2.24, 2.45) is 0 Å². The molecule has 0 spiro atoms. The summed E-state index contributed by atoms with van der Waals surface area (Å²) in [6.45, 7) is 2.41. The Bertz CT molecular complexity index is 975. The molecule has 0 aromatic heterocycles. The second kappa shape index (κ2) is 8.27. The predicted octanol–water partition coefficient (Wildman–Crippen LogP) is 1.68.